The van der Waals surface area contributed by atoms with Gasteiger partial charge >= 0.3 is 0 Å². The summed E-state index contributed by atoms with van der Waals surface area (Å²) in [5.41, 5.74) is 27.6. The molecule has 1 aliphatic heterocycles. The van der Waals surface area contributed by atoms with E-state index in [-0.39, 0.29) is 0 Å². The zero-order chi connectivity index (χ0) is 54.4. The number of benzene rings is 12. The van der Waals surface area contributed by atoms with Gasteiger partial charge in [-0.05, 0) is 114 Å². The van der Waals surface area contributed by atoms with Gasteiger partial charge in [0, 0.05) is 39.2 Å². The van der Waals surface area contributed by atoms with Gasteiger partial charge in [-0.1, -0.05) is 279 Å². The number of anilines is 3. The fourth-order valence-corrected chi connectivity index (χ4v) is 14.5. The molecule has 0 unspecified atom stereocenters. The summed E-state index contributed by atoms with van der Waals surface area (Å²) < 4.78 is 0. The zero-order valence-electron chi connectivity index (χ0n) is 44.9. The molecular weight excluding hydrogens is 991 g/mol. The van der Waals surface area contributed by atoms with Crippen LogP contribution in [0.5, 0.6) is 0 Å². The third-order valence-corrected chi connectivity index (χ3v) is 17.8. The Balaban J connectivity index is 1.02. The van der Waals surface area contributed by atoms with Crippen molar-refractivity contribution in [1.29, 1.82) is 5.41 Å². The zero-order valence-corrected chi connectivity index (χ0v) is 44.9. The maximum atomic E-state index is 10.1. The van der Waals surface area contributed by atoms with E-state index in [0.717, 1.165) is 61.8 Å². The third kappa shape index (κ3) is 6.80. The average molecular weight is 1040 g/mol. The van der Waals surface area contributed by atoms with Crippen molar-refractivity contribution in [3.63, 3.8) is 0 Å². The summed E-state index contributed by atoms with van der Waals surface area (Å²) in [6.07, 6.45) is 2.30. The molecule has 12 aromatic carbocycles. The predicted octanol–water partition coefficient (Wildman–Crippen LogP) is 18.9. The normalized spacial score (nSPS) is 14.7. The van der Waals surface area contributed by atoms with Crippen molar-refractivity contribution in [2.45, 2.75) is 10.8 Å². The van der Waals surface area contributed by atoms with Gasteiger partial charge in [-0.3, -0.25) is 5.41 Å². The Labute approximate surface area is 478 Å². The van der Waals surface area contributed by atoms with E-state index >= 15 is 0 Å². The van der Waals surface area contributed by atoms with Crippen LogP contribution >= 0.6 is 0 Å². The van der Waals surface area contributed by atoms with Crippen LogP contribution < -0.4 is 10.2 Å². The number of hydrogen-bond donors (Lipinski definition) is 2. The Morgan fingerprint density at radius 1 is 0.341 bits per heavy atom. The number of rotatable bonds is 9. The minimum Gasteiger partial charge on any atom is -0.354 e. The van der Waals surface area contributed by atoms with Crippen molar-refractivity contribution in [3.8, 4) is 33.4 Å². The smallest absolute Gasteiger partial charge is 0.0726 e. The molecule has 1 spiro atoms. The molecule has 3 heteroatoms. The highest BCUT2D eigenvalue weighted by atomic mass is 15.2. The lowest BCUT2D eigenvalue weighted by atomic mass is 9.68. The van der Waals surface area contributed by atoms with Crippen LogP contribution in [0.25, 0.3) is 56.4 Å². The molecule has 3 aliphatic carbocycles. The Hall–Kier alpha value is -10.6. The first-order valence-corrected chi connectivity index (χ1v) is 28.3. The fourth-order valence-electron chi connectivity index (χ4n) is 14.5. The SMILES string of the molecule is N=C(/C(=C1\NC(c2ccccc2)=Cc2cc(N(c3cccc4c3-c3ccccc3C4(c3ccccc3)c3ccccc3)c3cccc4c3-c3ccccc3C43c4ccccc4-c4ccccc43)ccc21)c1ccccc1)c1ccccc1. The minimum atomic E-state index is -0.617. The van der Waals surface area contributed by atoms with Gasteiger partial charge in [0.2, 0.25) is 0 Å². The van der Waals surface area contributed by atoms with Crippen LogP contribution in [0.3, 0.4) is 0 Å². The third-order valence-electron chi connectivity index (χ3n) is 17.8. The van der Waals surface area contributed by atoms with Crippen molar-refractivity contribution < 1.29 is 0 Å². The van der Waals surface area contributed by atoms with E-state index < -0.39 is 10.8 Å². The van der Waals surface area contributed by atoms with E-state index in [0.29, 0.717) is 5.71 Å². The standard InChI is InChI=1S/C79H53N3/c80-76(54-30-10-3-11-31-54)73(53-28-8-2-9-29-53)77-59-49-48-58(50-55(59)51-70(81-77)52-26-6-1-7-27-52)82(71-46-24-44-68-74(71)62-38-18-22-42-66(62)78(68,56-32-12-4-13-33-56)57-34-14-5-15-35-57)72-47-25-45-69-75(72)63-39-19-23-43-67(63)79(69)64-40-20-16-36-60(64)61-37-17-21-41-65(61)79/h1-51,80-81H/b77-73-,80-76?. The monoisotopic (exact) mass is 1040 g/mol. The summed E-state index contributed by atoms with van der Waals surface area (Å²) in [4.78, 5) is 2.58. The maximum absolute atomic E-state index is 10.1. The molecule has 0 radical (unpaired) electrons. The van der Waals surface area contributed by atoms with E-state index in [1.54, 1.807) is 0 Å². The first-order valence-electron chi connectivity index (χ1n) is 28.3. The molecule has 3 nitrogen and oxygen atoms in total. The van der Waals surface area contributed by atoms with Gasteiger partial charge < -0.3 is 10.2 Å². The van der Waals surface area contributed by atoms with Gasteiger partial charge in [-0.15, -0.1) is 0 Å². The van der Waals surface area contributed by atoms with Crippen LogP contribution in [0, 0.1) is 5.41 Å². The number of fused-ring (bicyclic) bond motifs is 14. The van der Waals surface area contributed by atoms with Gasteiger partial charge in [0.15, 0.2) is 0 Å². The van der Waals surface area contributed by atoms with Crippen LogP contribution in [-0.4, -0.2) is 5.71 Å². The van der Waals surface area contributed by atoms with E-state index in [2.05, 4.69) is 283 Å². The summed E-state index contributed by atoms with van der Waals surface area (Å²) in [7, 11) is 0. The maximum Gasteiger partial charge on any atom is 0.0726 e. The van der Waals surface area contributed by atoms with Gasteiger partial charge in [0.05, 0.1) is 33.6 Å². The molecule has 12 aromatic rings. The van der Waals surface area contributed by atoms with Gasteiger partial charge in [-0.25, -0.2) is 0 Å². The Morgan fingerprint density at radius 2 is 0.756 bits per heavy atom. The second kappa shape index (κ2) is 18.8. The van der Waals surface area contributed by atoms with Gasteiger partial charge in [-0.2, -0.15) is 0 Å². The molecular formula is C79H53N3. The van der Waals surface area contributed by atoms with Crippen LogP contribution in [0.2, 0.25) is 0 Å². The highest BCUT2D eigenvalue weighted by Crippen LogP contribution is 2.66. The lowest BCUT2D eigenvalue weighted by Gasteiger charge is -2.35. The van der Waals surface area contributed by atoms with Crippen LogP contribution in [0.15, 0.2) is 303 Å². The molecule has 0 saturated heterocycles. The second-order valence-electron chi connectivity index (χ2n) is 21.8. The van der Waals surface area contributed by atoms with Crippen molar-refractivity contribution in [2.75, 3.05) is 4.90 Å². The van der Waals surface area contributed by atoms with Crippen LogP contribution in [0.4, 0.5) is 17.1 Å². The molecule has 16 rings (SSSR count). The molecule has 0 bridgehead atoms. The summed E-state index contributed by atoms with van der Waals surface area (Å²) in [5, 5.41) is 14.0. The van der Waals surface area contributed by atoms with Crippen molar-refractivity contribution in [1.82, 2.24) is 5.32 Å². The largest absolute Gasteiger partial charge is 0.354 e. The van der Waals surface area contributed by atoms with Crippen LogP contribution in [0.1, 0.15) is 72.3 Å². The molecule has 2 N–H and O–H groups in total. The second-order valence-corrected chi connectivity index (χ2v) is 21.8. The molecule has 82 heavy (non-hydrogen) atoms. The number of nitrogens with one attached hydrogen (secondary N) is 2. The molecule has 0 saturated carbocycles. The summed E-state index contributed by atoms with van der Waals surface area (Å²) >= 11 is 0. The minimum absolute atomic E-state index is 0.446. The Kier molecular flexibility index (Phi) is 10.8. The van der Waals surface area contributed by atoms with Crippen molar-refractivity contribution >= 4 is 45.8 Å². The molecule has 4 aliphatic rings. The number of nitrogens with zero attached hydrogens (tertiary/aromatic N) is 1. The Morgan fingerprint density at radius 3 is 1.29 bits per heavy atom. The molecule has 384 valence electrons. The molecule has 0 aromatic heterocycles. The Bertz CT molecular complexity index is 4410. The van der Waals surface area contributed by atoms with E-state index in [4.69, 9.17) is 0 Å². The van der Waals surface area contributed by atoms with Gasteiger partial charge in [0.1, 0.15) is 0 Å². The van der Waals surface area contributed by atoms with E-state index in [1.165, 1.54) is 77.9 Å². The molecule has 0 atom stereocenters. The predicted molar refractivity (Wildman–Crippen MR) is 339 cm³/mol. The highest BCUT2D eigenvalue weighted by molar-refractivity contribution is 6.36. The summed E-state index contributed by atoms with van der Waals surface area (Å²) in [6.45, 7) is 0. The summed E-state index contributed by atoms with van der Waals surface area (Å²) in [6, 6.07) is 111. The average Bonchev–Trinajstić information content (AvgIpc) is 2.90. The molecule has 0 amide bonds. The lowest BCUT2D eigenvalue weighted by Crippen LogP contribution is -2.28. The van der Waals surface area contributed by atoms with E-state index in [9.17, 15) is 5.41 Å². The first kappa shape index (κ1) is 47.4. The van der Waals surface area contributed by atoms with Crippen molar-refractivity contribution in [3.05, 3.63) is 376 Å². The quantitative estimate of drug-likeness (QED) is 0.141. The van der Waals surface area contributed by atoms with Crippen molar-refractivity contribution in [2.24, 2.45) is 0 Å². The number of hydrogen-bond acceptors (Lipinski definition) is 3. The topological polar surface area (TPSA) is 39.1 Å². The number of allylic oxidation sites excluding steroid dienone is 1. The lowest BCUT2D eigenvalue weighted by molar-refractivity contribution is 0.768. The van der Waals surface area contributed by atoms with Crippen LogP contribution in [-0.2, 0) is 10.8 Å². The van der Waals surface area contributed by atoms with Gasteiger partial charge in [0.25, 0.3) is 0 Å². The fraction of sp³-hybridized carbons (Fsp3) is 0.0253. The summed E-state index contributed by atoms with van der Waals surface area (Å²) in [5.74, 6) is 0. The molecule has 1 heterocycles. The highest BCUT2D eigenvalue weighted by Gasteiger charge is 2.53. The van der Waals surface area contributed by atoms with E-state index in [1.807, 2.05) is 36.4 Å². The first-order chi connectivity index (χ1) is 40.6. The molecule has 0 fully saturated rings.